The summed E-state index contributed by atoms with van der Waals surface area (Å²) in [6.45, 7) is 1.12. The summed E-state index contributed by atoms with van der Waals surface area (Å²) >= 11 is 0. The predicted octanol–water partition coefficient (Wildman–Crippen LogP) is 2.48. The highest BCUT2D eigenvalue weighted by atomic mass is 16.5. The third kappa shape index (κ3) is 3.24. The molecule has 0 saturated heterocycles. The molecule has 0 radical (unpaired) electrons. The standard InChI is InChI=1S/C16H22N2O2/c19-16(18-13-5-1-2-6-13)11-20-14-8-7-12-4-3-9-17-15(12)10-14/h7-8,10,13,17H,1-6,9,11H2,(H,18,19). The Labute approximate surface area is 119 Å². The number of carbonyl (C=O) groups is 1. The molecule has 1 aromatic carbocycles. The van der Waals surface area contributed by atoms with E-state index >= 15 is 0 Å². The molecular weight excluding hydrogens is 252 g/mol. The number of benzene rings is 1. The van der Waals surface area contributed by atoms with Crippen LogP contribution in [0.2, 0.25) is 0 Å². The number of anilines is 1. The van der Waals surface area contributed by atoms with E-state index in [1.54, 1.807) is 0 Å². The van der Waals surface area contributed by atoms with E-state index in [4.69, 9.17) is 4.74 Å². The van der Waals surface area contributed by atoms with Crippen molar-refractivity contribution in [2.24, 2.45) is 0 Å². The van der Waals surface area contributed by atoms with E-state index in [9.17, 15) is 4.79 Å². The largest absolute Gasteiger partial charge is 0.484 e. The Morgan fingerprint density at radius 1 is 1.30 bits per heavy atom. The number of ether oxygens (including phenoxy) is 1. The minimum Gasteiger partial charge on any atom is -0.484 e. The molecule has 20 heavy (non-hydrogen) atoms. The number of hydrogen-bond acceptors (Lipinski definition) is 3. The van der Waals surface area contributed by atoms with Gasteiger partial charge in [-0.05, 0) is 37.3 Å². The van der Waals surface area contributed by atoms with Gasteiger partial charge in [-0.25, -0.2) is 0 Å². The summed E-state index contributed by atoms with van der Waals surface area (Å²) in [5.74, 6) is 0.752. The van der Waals surface area contributed by atoms with Crippen LogP contribution in [0.4, 0.5) is 5.69 Å². The number of amides is 1. The third-order valence-corrected chi connectivity index (χ3v) is 4.11. The second kappa shape index (κ2) is 6.16. The lowest BCUT2D eigenvalue weighted by Gasteiger charge is -2.19. The second-order valence-electron chi connectivity index (χ2n) is 5.69. The minimum atomic E-state index is -0.0115. The van der Waals surface area contributed by atoms with E-state index < -0.39 is 0 Å². The van der Waals surface area contributed by atoms with Crippen LogP contribution in [0.1, 0.15) is 37.7 Å². The Morgan fingerprint density at radius 2 is 2.15 bits per heavy atom. The third-order valence-electron chi connectivity index (χ3n) is 4.11. The van der Waals surface area contributed by atoms with Crippen LogP contribution >= 0.6 is 0 Å². The number of aryl methyl sites for hydroxylation is 1. The SMILES string of the molecule is O=C(COc1ccc2c(c1)NCCC2)NC1CCCC1. The van der Waals surface area contributed by atoms with Crippen molar-refractivity contribution in [3.8, 4) is 5.75 Å². The van der Waals surface area contributed by atoms with E-state index in [1.807, 2.05) is 12.1 Å². The maximum Gasteiger partial charge on any atom is 0.258 e. The topological polar surface area (TPSA) is 50.4 Å². The molecular formula is C16H22N2O2. The molecule has 1 amide bonds. The summed E-state index contributed by atoms with van der Waals surface area (Å²) in [4.78, 5) is 11.8. The fourth-order valence-electron chi connectivity index (χ4n) is 3.02. The molecule has 0 spiro atoms. The van der Waals surface area contributed by atoms with Gasteiger partial charge in [0.15, 0.2) is 6.61 Å². The Hall–Kier alpha value is -1.71. The predicted molar refractivity (Wildman–Crippen MR) is 79.1 cm³/mol. The van der Waals surface area contributed by atoms with Gasteiger partial charge in [-0.2, -0.15) is 0 Å². The summed E-state index contributed by atoms with van der Waals surface area (Å²) in [5, 5.41) is 6.40. The number of rotatable bonds is 4. The van der Waals surface area contributed by atoms with Crippen molar-refractivity contribution in [1.29, 1.82) is 0 Å². The zero-order valence-electron chi connectivity index (χ0n) is 11.8. The van der Waals surface area contributed by atoms with Gasteiger partial charge in [0.05, 0.1) is 0 Å². The quantitative estimate of drug-likeness (QED) is 0.887. The Kier molecular flexibility index (Phi) is 4.09. The second-order valence-corrected chi connectivity index (χ2v) is 5.69. The van der Waals surface area contributed by atoms with Gasteiger partial charge < -0.3 is 15.4 Å². The van der Waals surface area contributed by atoms with Crippen LogP contribution in [0.15, 0.2) is 18.2 Å². The summed E-state index contributed by atoms with van der Waals surface area (Å²) in [6.07, 6.45) is 6.95. The molecule has 0 aromatic heterocycles. The molecule has 1 fully saturated rings. The van der Waals surface area contributed by atoms with Gasteiger partial charge >= 0.3 is 0 Å². The molecule has 1 saturated carbocycles. The van der Waals surface area contributed by atoms with Gasteiger partial charge in [0.2, 0.25) is 0 Å². The van der Waals surface area contributed by atoms with Crippen LogP contribution in [0, 0.1) is 0 Å². The molecule has 1 aliphatic heterocycles. The fraction of sp³-hybridized carbons (Fsp3) is 0.562. The van der Waals surface area contributed by atoms with Crippen LogP contribution in [0.3, 0.4) is 0 Å². The summed E-state index contributed by atoms with van der Waals surface area (Å²) in [5.41, 5.74) is 2.48. The lowest BCUT2D eigenvalue weighted by Crippen LogP contribution is -2.36. The molecule has 3 rings (SSSR count). The number of carbonyl (C=O) groups excluding carboxylic acids is 1. The molecule has 108 valence electrons. The van der Waals surface area contributed by atoms with E-state index in [1.165, 1.54) is 24.8 Å². The van der Waals surface area contributed by atoms with E-state index in [0.717, 1.165) is 37.2 Å². The molecule has 0 atom stereocenters. The lowest BCUT2D eigenvalue weighted by molar-refractivity contribution is -0.123. The number of hydrogen-bond donors (Lipinski definition) is 2. The van der Waals surface area contributed by atoms with Crippen LogP contribution in [-0.2, 0) is 11.2 Å². The van der Waals surface area contributed by atoms with Crippen molar-refractivity contribution in [2.75, 3.05) is 18.5 Å². The highest BCUT2D eigenvalue weighted by Crippen LogP contribution is 2.26. The first-order chi connectivity index (χ1) is 9.81. The van der Waals surface area contributed by atoms with Crippen LogP contribution in [-0.4, -0.2) is 25.1 Å². The summed E-state index contributed by atoms with van der Waals surface area (Å²) < 4.78 is 5.59. The zero-order valence-corrected chi connectivity index (χ0v) is 11.8. The highest BCUT2D eigenvalue weighted by Gasteiger charge is 2.17. The van der Waals surface area contributed by atoms with Crippen molar-refractivity contribution >= 4 is 11.6 Å². The summed E-state index contributed by atoms with van der Waals surface area (Å²) in [7, 11) is 0. The molecule has 4 heteroatoms. The van der Waals surface area contributed by atoms with E-state index in [2.05, 4.69) is 16.7 Å². The minimum absolute atomic E-state index is 0.0115. The molecule has 0 unspecified atom stereocenters. The molecule has 1 aromatic rings. The smallest absolute Gasteiger partial charge is 0.258 e. The fourth-order valence-corrected chi connectivity index (χ4v) is 3.02. The average molecular weight is 274 g/mol. The first-order valence-electron chi connectivity index (χ1n) is 7.60. The van der Waals surface area contributed by atoms with Gasteiger partial charge in [0.25, 0.3) is 5.91 Å². The Morgan fingerprint density at radius 3 is 3.00 bits per heavy atom. The first-order valence-corrected chi connectivity index (χ1v) is 7.60. The molecule has 4 nitrogen and oxygen atoms in total. The monoisotopic (exact) mass is 274 g/mol. The van der Waals surface area contributed by atoms with Crippen LogP contribution in [0.5, 0.6) is 5.75 Å². The first kappa shape index (κ1) is 13.3. The van der Waals surface area contributed by atoms with E-state index in [-0.39, 0.29) is 12.5 Å². The van der Waals surface area contributed by atoms with Crippen molar-refractivity contribution in [3.63, 3.8) is 0 Å². The zero-order chi connectivity index (χ0) is 13.8. The normalized spacial score (nSPS) is 18.2. The van der Waals surface area contributed by atoms with Crippen molar-refractivity contribution < 1.29 is 9.53 Å². The van der Waals surface area contributed by atoms with Crippen LogP contribution in [0.25, 0.3) is 0 Å². The molecule has 1 aliphatic carbocycles. The number of nitrogens with one attached hydrogen (secondary N) is 2. The van der Waals surface area contributed by atoms with E-state index in [0.29, 0.717) is 6.04 Å². The molecule has 0 bridgehead atoms. The van der Waals surface area contributed by atoms with Gasteiger partial charge in [-0.1, -0.05) is 18.9 Å². The lowest BCUT2D eigenvalue weighted by atomic mass is 10.0. The van der Waals surface area contributed by atoms with Crippen molar-refractivity contribution in [2.45, 2.75) is 44.6 Å². The van der Waals surface area contributed by atoms with Crippen molar-refractivity contribution in [3.05, 3.63) is 23.8 Å². The van der Waals surface area contributed by atoms with Gasteiger partial charge in [0, 0.05) is 24.3 Å². The van der Waals surface area contributed by atoms with Gasteiger partial charge in [-0.3, -0.25) is 4.79 Å². The van der Waals surface area contributed by atoms with Crippen molar-refractivity contribution in [1.82, 2.24) is 5.32 Å². The average Bonchev–Trinajstić information content (AvgIpc) is 2.98. The molecule has 2 aliphatic rings. The van der Waals surface area contributed by atoms with Gasteiger partial charge in [-0.15, -0.1) is 0 Å². The van der Waals surface area contributed by atoms with Gasteiger partial charge in [0.1, 0.15) is 5.75 Å². The Bertz CT molecular complexity index is 481. The Balaban J connectivity index is 1.51. The highest BCUT2D eigenvalue weighted by molar-refractivity contribution is 5.78. The summed E-state index contributed by atoms with van der Waals surface area (Å²) in [6, 6.07) is 6.40. The molecule has 2 N–H and O–H groups in total. The maximum atomic E-state index is 11.8. The number of fused-ring (bicyclic) bond motifs is 1. The maximum absolute atomic E-state index is 11.8. The van der Waals surface area contributed by atoms with Crippen LogP contribution < -0.4 is 15.4 Å². The molecule has 1 heterocycles.